The van der Waals surface area contributed by atoms with Crippen molar-refractivity contribution >= 4 is 28.5 Å². The third-order valence-corrected chi connectivity index (χ3v) is 6.12. The van der Waals surface area contributed by atoms with Crippen LogP contribution in [0.25, 0.3) is 11.0 Å². The van der Waals surface area contributed by atoms with Crippen LogP contribution < -0.4 is 19.6 Å². The lowest BCUT2D eigenvalue weighted by Gasteiger charge is -2.26. The number of methoxy groups -OCH3 is 3. The Kier molecular flexibility index (Phi) is 5.77. The third kappa shape index (κ3) is 3.28. The van der Waals surface area contributed by atoms with Crippen LogP contribution in [0, 0.1) is 6.92 Å². The zero-order valence-corrected chi connectivity index (χ0v) is 19.3. The number of hydrogen-bond donors (Lipinski definition) is 0. The standard InChI is InChI=1S/C24H24ClNO6/c1-6-7-26-20(13-9-17(29-3)22(31-5)18(10-13)30-4)19-21(27)14-11-15(25)12(2)8-16(14)32-23(19)24(26)28/h8-11,20H,6-7H2,1-5H3. The largest absolute Gasteiger partial charge is 0.493 e. The Morgan fingerprint density at radius 2 is 1.69 bits per heavy atom. The van der Waals surface area contributed by atoms with E-state index in [0.717, 1.165) is 5.56 Å². The van der Waals surface area contributed by atoms with E-state index in [0.29, 0.717) is 51.8 Å². The van der Waals surface area contributed by atoms with Gasteiger partial charge < -0.3 is 23.5 Å². The Morgan fingerprint density at radius 3 is 2.25 bits per heavy atom. The average Bonchev–Trinajstić information content (AvgIpc) is 3.06. The zero-order valence-electron chi connectivity index (χ0n) is 18.6. The van der Waals surface area contributed by atoms with Crippen LogP contribution in [0.5, 0.6) is 17.2 Å². The molecule has 2 aromatic carbocycles. The van der Waals surface area contributed by atoms with Crippen LogP contribution in [0.15, 0.2) is 33.5 Å². The second-order valence-electron chi connectivity index (χ2n) is 7.63. The lowest BCUT2D eigenvalue weighted by atomic mass is 9.97. The smallest absolute Gasteiger partial charge is 0.290 e. The van der Waals surface area contributed by atoms with Gasteiger partial charge in [0.1, 0.15) is 5.58 Å². The van der Waals surface area contributed by atoms with E-state index >= 15 is 0 Å². The van der Waals surface area contributed by atoms with E-state index in [-0.39, 0.29) is 22.7 Å². The van der Waals surface area contributed by atoms with Crippen molar-refractivity contribution in [2.45, 2.75) is 26.3 Å². The predicted octanol–water partition coefficient (Wildman–Crippen LogP) is 4.74. The molecule has 1 aromatic heterocycles. The number of fused-ring (bicyclic) bond motifs is 2. The van der Waals surface area contributed by atoms with Crippen molar-refractivity contribution in [1.82, 2.24) is 4.90 Å². The molecule has 1 aliphatic rings. The second kappa shape index (κ2) is 8.39. The molecule has 0 saturated carbocycles. The first-order valence-electron chi connectivity index (χ1n) is 10.2. The van der Waals surface area contributed by atoms with Gasteiger partial charge in [0.05, 0.1) is 38.3 Å². The van der Waals surface area contributed by atoms with Crippen molar-refractivity contribution in [2.75, 3.05) is 27.9 Å². The van der Waals surface area contributed by atoms with Crippen LogP contribution in [-0.4, -0.2) is 38.7 Å². The lowest BCUT2D eigenvalue weighted by molar-refractivity contribution is 0.0727. The summed E-state index contributed by atoms with van der Waals surface area (Å²) in [5.74, 6) is 1.02. The molecule has 8 heteroatoms. The molecule has 1 amide bonds. The van der Waals surface area contributed by atoms with E-state index in [1.54, 1.807) is 29.2 Å². The Labute approximate surface area is 190 Å². The Balaban J connectivity index is 2.03. The average molecular weight is 458 g/mol. The van der Waals surface area contributed by atoms with E-state index < -0.39 is 6.04 Å². The number of benzene rings is 2. The SMILES string of the molecule is CCCN1C(=O)c2oc3cc(C)c(Cl)cc3c(=O)c2C1c1cc(OC)c(OC)c(OC)c1. The Bertz CT molecular complexity index is 1260. The van der Waals surface area contributed by atoms with Crippen LogP contribution in [-0.2, 0) is 0 Å². The number of nitrogens with zero attached hydrogens (tertiary/aromatic N) is 1. The summed E-state index contributed by atoms with van der Waals surface area (Å²) in [5.41, 5.74) is 1.76. The van der Waals surface area contributed by atoms with Gasteiger partial charge in [0, 0.05) is 11.6 Å². The molecule has 7 nitrogen and oxygen atoms in total. The summed E-state index contributed by atoms with van der Waals surface area (Å²) in [6.45, 7) is 4.23. The van der Waals surface area contributed by atoms with Crippen LogP contribution in [0.2, 0.25) is 5.02 Å². The van der Waals surface area contributed by atoms with Crippen LogP contribution in [0.4, 0.5) is 0 Å². The highest BCUT2D eigenvalue weighted by molar-refractivity contribution is 6.32. The monoisotopic (exact) mass is 457 g/mol. The van der Waals surface area contributed by atoms with E-state index in [2.05, 4.69) is 0 Å². The summed E-state index contributed by atoms with van der Waals surface area (Å²) < 4.78 is 22.4. The molecule has 0 bridgehead atoms. The highest BCUT2D eigenvalue weighted by Gasteiger charge is 2.43. The molecule has 0 N–H and O–H groups in total. The Hall–Kier alpha value is -3.19. The van der Waals surface area contributed by atoms with Crippen molar-refractivity contribution < 1.29 is 23.4 Å². The van der Waals surface area contributed by atoms with Gasteiger partial charge in [-0.25, -0.2) is 0 Å². The molecule has 1 atom stereocenters. The second-order valence-corrected chi connectivity index (χ2v) is 8.04. The van der Waals surface area contributed by atoms with Crippen molar-refractivity contribution in [1.29, 1.82) is 0 Å². The third-order valence-electron chi connectivity index (χ3n) is 5.71. The number of ether oxygens (including phenoxy) is 3. The van der Waals surface area contributed by atoms with Gasteiger partial charge in [-0.2, -0.15) is 0 Å². The fraction of sp³-hybridized carbons (Fsp3) is 0.333. The molecular weight excluding hydrogens is 434 g/mol. The fourth-order valence-electron chi connectivity index (χ4n) is 4.22. The minimum absolute atomic E-state index is 0.0522. The zero-order chi connectivity index (χ0) is 23.2. The molecule has 0 fully saturated rings. The summed E-state index contributed by atoms with van der Waals surface area (Å²) in [5, 5.41) is 0.798. The summed E-state index contributed by atoms with van der Waals surface area (Å²) in [6.07, 6.45) is 0.708. The summed E-state index contributed by atoms with van der Waals surface area (Å²) in [6, 6.07) is 6.12. The van der Waals surface area contributed by atoms with Crippen molar-refractivity contribution in [3.8, 4) is 17.2 Å². The van der Waals surface area contributed by atoms with Gasteiger partial charge in [-0.05, 0) is 48.7 Å². The first-order valence-corrected chi connectivity index (χ1v) is 10.6. The first kappa shape index (κ1) is 22.0. The molecule has 3 aromatic rings. The number of hydrogen-bond acceptors (Lipinski definition) is 6. The molecule has 32 heavy (non-hydrogen) atoms. The minimum atomic E-state index is -0.660. The van der Waals surface area contributed by atoms with E-state index in [1.807, 2.05) is 13.8 Å². The molecule has 2 heterocycles. The molecule has 1 unspecified atom stereocenters. The fourth-order valence-corrected chi connectivity index (χ4v) is 4.38. The predicted molar refractivity (Wildman–Crippen MR) is 121 cm³/mol. The van der Waals surface area contributed by atoms with Gasteiger partial charge in [-0.1, -0.05) is 18.5 Å². The molecule has 0 radical (unpaired) electrons. The maximum absolute atomic E-state index is 13.6. The van der Waals surface area contributed by atoms with Crippen LogP contribution in [0.3, 0.4) is 0 Å². The number of carbonyl (C=O) groups excluding carboxylic acids is 1. The number of rotatable bonds is 6. The number of amides is 1. The normalized spacial score (nSPS) is 15.2. The molecule has 0 spiro atoms. The number of halogens is 1. The van der Waals surface area contributed by atoms with Gasteiger partial charge in [0.15, 0.2) is 16.9 Å². The van der Waals surface area contributed by atoms with Crippen molar-refractivity contribution in [3.63, 3.8) is 0 Å². The number of carbonyl (C=O) groups is 1. The first-order chi connectivity index (χ1) is 15.4. The molecular formula is C24H24ClNO6. The van der Waals surface area contributed by atoms with Crippen molar-refractivity contribution in [2.24, 2.45) is 0 Å². The van der Waals surface area contributed by atoms with E-state index in [9.17, 15) is 9.59 Å². The molecule has 168 valence electrons. The molecule has 0 saturated heterocycles. The lowest BCUT2D eigenvalue weighted by Crippen LogP contribution is -2.30. The van der Waals surface area contributed by atoms with Gasteiger partial charge in [0.25, 0.3) is 5.91 Å². The maximum atomic E-state index is 13.6. The van der Waals surface area contributed by atoms with Crippen LogP contribution >= 0.6 is 11.6 Å². The van der Waals surface area contributed by atoms with Gasteiger partial charge in [-0.3, -0.25) is 9.59 Å². The molecule has 1 aliphatic heterocycles. The number of aryl methyl sites for hydroxylation is 1. The van der Waals surface area contributed by atoms with Crippen molar-refractivity contribution in [3.05, 3.63) is 62.0 Å². The van der Waals surface area contributed by atoms with Gasteiger partial charge >= 0.3 is 0 Å². The highest BCUT2D eigenvalue weighted by atomic mass is 35.5. The highest BCUT2D eigenvalue weighted by Crippen LogP contribution is 2.45. The van der Waals surface area contributed by atoms with Gasteiger partial charge in [0.2, 0.25) is 11.5 Å². The minimum Gasteiger partial charge on any atom is -0.493 e. The summed E-state index contributed by atoms with van der Waals surface area (Å²) >= 11 is 6.28. The summed E-state index contributed by atoms with van der Waals surface area (Å²) in [4.78, 5) is 28.6. The topological polar surface area (TPSA) is 78.2 Å². The summed E-state index contributed by atoms with van der Waals surface area (Å²) in [7, 11) is 4.56. The maximum Gasteiger partial charge on any atom is 0.290 e. The Morgan fingerprint density at radius 1 is 1.03 bits per heavy atom. The molecule has 0 aliphatic carbocycles. The molecule has 4 rings (SSSR count). The van der Waals surface area contributed by atoms with E-state index in [4.69, 9.17) is 30.2 Å². The quantitative estimate of drug-likeness (QED) is 0.532. The van der Waals surface area contributed by atoms with Crippen LogP contribution in [0.1, 0.15) is 46.6 Å². The van der Waals surface area contributed by atoms with Gasteiger partial charge in [-0.15, -0.1) is 0 Å². The van der Waals surface area contributed by atoms with E-state index in [1.165, 1.54) is 21.3 Å².